The molecule has 0 heterocycles. The van der Waals surface area contributed by atoms with Gasteiger partial charge in [-0.3, -0.25) is 0 Å². The van der Waals surface area contributed by atoms with Gasteiger partial charge in [-0.05, 0) is 236 Å². The van der Waals surface area contributed by atoms with Crippen LogP contribution < -0.4 is 60.0 Å². The Morgan fingerprint density at radius 2 is 0.401 bits per heavy atom. The van der Waals surface area contributed by atoms with Gasteiger partial charge in [0, 0.05) is 143 Å². The molecule has 8 rings (SSSR count). The average molecular weight is 2310 g/mol. The van der Waals surface area contributed by atoms with Gasteiger partial charge < -0.3 is 60.0 Å². The van der Waals surface area contributed by atoms with Gasteiger partial charge in [-0.15, -0.1) is 0 Å². The minimum atomic E-state index is 0.395. The lowest BCUT2D eigenvalue weighted by Crippen LogP contribution is -2.29. The fourth-order valence-electron chi connectivity index (χ4n) is 17.7. The van der Waals surface area contributed by atoms with Crippen LogP contribution in [0.1, 0.15) is 384 Å². The Balaban J connectivity index is 0.000000840. The first kappa shape index (κ1) is 142. The van der Waals surface area contributed by atoms with E-state index < -0.39 is 0 Å². The number of unbranched alkanes of at least 4 members (excludes halogenated alkanes) is 8. The first-order chi connectivity index (χ1) is 67.6. The Morgan fingerprint density at radius 3 is 0.694 bits per heavy atom. The molecule has 834 valence electrons. The van der Waals surface area contributed by atoms with Gasteiger partial charge in [0.25, 0.3) is 0 Å². The highest BCUT2D eigenvalue weighted by molar-refractivity contribution is 7.76. The Morgan fingerprint density at radius 1 is 0.190 bits per heavy atom. The second kappa shape index (κ2) is 66.0. The van der Waals surface area contributed by atoms with Crippen LogP contribution in [0, 0.1) is 115 Å². The van der Waals surface area contributed by atoms with Crippen molar-refractivity contribution in [2.24, 2.45) is 43.3 Å². The minimum absolute atomic E-state index is 0.395. The number of nitrogens with one attached hydrogen (secondary N) is 3. The van der Waals surface area contributed by atoms with Crippen LogP contribution in [-0.4, -0.2) is 143 Å². The normalized spacial score (nSPS) is 12.0. The van der Waals surface area contributed by atoms with E-state index in [2.05, 4.69) is 310 Å². The maximum absolute atomic E-state index is 5.45. The third-order valence-corrected chi connectivity index (χ3v) is 34.4. The second-order valence-corrected chi connectivity index (χ2v) is 57.1. The van der Waals surface area contributed by atoms with Crippen molar-refractivity contribution in [2.45, 2.75) is 387 Å². The van der Waals surface area contributed by atoms with Gasteiger partial charge in [-0.1, -0.05) is 413 Å². The van der Waals surface area contributed by atoms with E-state index in [1.54, 1.807) is 0 Å². The minimum Gasteiger partial charge on any atom is -0.387 e. The number of anilines is 12. The summed E-state index contributed by atoms with van der Waals surface area (Å²) >= 11 is 85.3. The van der Waals surface area contributed by atoms with Gasteiger partial charge in [0.1, 0.15) is 0 Å². The van der Waals surface area contributed by atoms with Crippen molar-refractivity contribution in [3.05, 3.63) is 94.4 Å². The Labute approximate surface area is 982 Å². The van der Waals surface area contributed by atoms with E-state index in [0.717, 1.165) is 203 Å². The first-order valence-electron chi connectivity index (χ1n) is 54.7. The molecule has 0 aliphatic heterocycles. The largest absolute Gasteiger partial charge is 0.387 e. The quantitative estimate of drug-likeness (QED) is 0.0250. The third kappa shape index (κ3) is 48.9. The number of nitrogens with zero attached hydrogens (tertiary/aromatic N) is 9. The molecule has 12 nitrogen and oxygen atoms in total. The van der Waals surface area contributed by atoms with E-state index in [9.17, 15) is 0 Å². The molecule has 0 aliphatic carbocycles. The van der Waals surface area contributed by atoms with Gasteiger partial charge in [-0.2, -0.15) is 0 Å². The summed E-state index contributed by atoms with van der Waals surface area (Å²) in [5, 5.41) is 9.79. The van der Waals surface area contributed by atoms with Crippen LogP contribution in [0.3, 0.4) is 0 Å². The summed E-state index contributed by atoms with van der Waals surface area (Å²) in [6.07, 6.45) is 34.5. The highest BCUT2D eigenvalue weighted by Crippen LogP contribution is 2.44. The van der Waals surface area contributed by atoms with E-state index in [1.807, 2.05) is 35.2 Å². The molecule has 0 saturated carbocycles. The monoisotopic (exact) mass is 2310 g/mol. The molecule has 28 heteroatoms. The number of rotatable bonds is 50. The van der Waals surface area contributed by atoms with Crippen molar-refractivity contribution in [3.8, 4) is 0 Å². The molecule has 0 atom stereocenters. The van der Waals surface area contributed by atoms with Crippen LogP contribution in [0.15, 0.2) is 0 Å². The molecule has 0 radical (unpaired) electrons. The fourth-order valence-corrected chi connectivity index (χ4v) is 23.1. The maximum Gasteiger partial charge on any atom is 0.0835 e. The molecule has 0 fully saturated rings. The Hall–Kier alpha value is -3.04. The predicted octanol–water partition coefficient (Wildman–Crippen LogP) is 40.6. The molecular weight excluding hydrogens is 2110 g/mol. The van der Waals surface area contributed by atoms with Crippen LogP contribution in [0.2, 0.25) is 0 Å². The molecular formula is C119H202N12S16. The van der Waals surface area contributed by atoms with Gasteiger partial charge in [0.15, 0.2) is 0 Å². The van der Waals surface area contributed by atoms with Gasteiger partial charge in [0.05, 0.1) is 140 Å². The molecule has 8 aromatic rings. The zero-order valence-corrected chi connectivity index (χ0v) is 113. The molecule has 3 N–H and O–H groups in total. The molecule has 0 saturated heterocycles. The summed E-state index contributed by atoms with van der Waals surface area (Å²) in [7, 11) is 22.7. The lowest BCUT2D eigenvalue weighted by atomic mass is 9.89. The van der Waals surface area contributed by atoms with Crippen molar-refractivity contribution in [1.29, 1.82) is 0 Å². The zero-order chi connectivity index (χ0) is 114. The van der Waals surface area contributed by atoms with E-state index >= 15 is 0 Å². The Kier molecular flexibility index (Phi) is 63.7. The van der Waals surface area contributed by atoms with Crippen molar-refractivity contribution >= 4 is 264 Å². The topological polar surface area (TPSA) is 65.3 Å². The van der Waals surface area contributed by atoms with E-state index in [-0.39, 0.29) is 0 Å². The van der Waals surface area contributed by atoms with Gasteiger partial charge in [0.2, 0.25) is 0 Å². The van der Waals surface area contributed by atoms with Crippen LogP contribution in [0.4, 0.5) is 68.2 Å². The van der Waals surface area contributed by atoms with Crippen molar-refractivity contribution < 1.29 is 0 Å². The molecule has 0 aliphatic rings. The summed E-state index contributed by atoms with van der Waals surface area (Å²) in [6, 6.07) is 0. The molecule has 0 bridgehead atoms. The SMILES string of the molecule is CCN(C)c1c(CCCCCC(C)(C)C)c(=S)c1=S.CCN(C)c1c(N(C)CCCC(C)(C)C)c(=S)c1=S.CCN(CC)c1c(N(C)CCCC(C)(C)C)c(=S)c1=S.CCNc1c(CCCCCC(C)(C)C)c(=S)c1=S.CCNc1c(N(C)CCCC(C)(C)C)c(=S)c1=S.CN(C)c1c(CCCCCC(C)(C)C)c(=S)c1=S.CN(C)c1c(N(C)CCCC(C)(C)C)c(=S)c1=S.CNc1c(CCCCCC(C)(C)C)c(=S)c1=S. The van der Waals surface area contributed by atoms with Crippen LogP contribution >= 0.6 is 195 Å². The van der Waals surface area contributed by atoms with Crippen molar-refractivity contribution in [3.63, 3.8) is 0 Å². The van der Waals surface area contributed by atoms with Gasteiger partial charge >= 0.3 is 0 Å². The van der Waals surface area contributed by atoms with Crippen molar-refractivity contribution in [2.75, 3.05) is 203 Å². The van der Waals surface area contributed by atoms with Gasteiger partial charge in [-0.25, -0.2) is 0 Å². The summed E-state index contributed by atoms with van der Waals surface area (Å²) in [5.74, 6) is 0. The van der Waals surface area contributed by atoms with Crippen LogP contribution in [0.5, 0.6) is 0 Å². The van der Waals surface area contributed by atoms with Crippen molar-refractivity contribution in [1.82, 2.24) is 0 Å². The predicted molar refractivity (Wildman–Crippen MR) is 706 cm³/mol. The highest BCUT2D eigenvalue weighted by Gasteiger charge is 2.29. The maximum atomic E-state index is 5.45. The molecule has 0 spiro atoms. The lowest BCUT2D eigenvalue weighted by molar-refractivity contribution is 0.358. The number of hydrogen-bond donors (Lipinski definition) is 3. The molecule has 0 unspecified atom stereocenters. The molecule has 8 aromatic carbocycles. The zero-order valence-electron chi connectivity index (χ0n) is 99.9. The summed E-state index contributed by atoms with van der Waals surface area (Å²) in [5.41, 5.74) is 22.5. The van der Waals surface area contributed by atoms with E-state index in [0.29, 0.717) is 43.3 Å². The first-order valence-corrected chi connectivity index (χ1v) is 61.3. The Bertz CT molecular complexity index is 5910. The summed E-state index contributed by atoms with van der Waals surface area (Å²) in [4.78, 5) is 19.9. The standard InChI is InChI=1S/C16H28N2S2.C16H27NS2.C15H26N2S2.2C15H25NS2.2C14H24N2S2.C14H23NS2/c1-7-18(8-2)13-12(14(19)15(13)20)17(6)11-9-10-16(3,4)5;1-6-17(5)13-12(14(18)15(13)19)10-8-7-9-11-16(2,3)4;1-7-16(5)11-12(14(19)13(11)18)17(6)10-8-9-15(2,3)4;1-15(2,3)10-8-6-7-9-11-12(16(4)5)14(18)13(11)17;1-5-16-12-11(13(17)14(12)18)9-7-6-8-10-15(2,3)4;1-14(2,3)8-7-9-16(6)11-10(15(4)5)12(17)13(11)18;1-6-15-10-11(13(18)12(10)17)16(5)9-7-8-14(2,3)4;1-14(2,3)9-7-5-6-8-10-11(15-4)13(17)12(10)16/h7-11H2,1-6H3;6-11H2,1-5H3;7-10H2,1-6H3;6-10H2,1-5H3;16H,5-10H2,1-4H3;7-9H2,1-6H3;15H,6-9H2,1-5H3;15H,5-9H2,1-4H3. The second-order valence-electron chi connectivity index (χ2n) is 50.6. The smallest absolute Gasteiger partial charge is 0.0835 e. The molecule has 0 aromatic heterocycles. The van der Waals surface area contributed by atoms with Crippen LogP contribution in [-0.2, 0) is 25.7 Å². The fraction of sp³-hybridized carbons (Fsp3) is 0.731. The van der Waals surface area contributed by atoms with E-state index in [4.69, 9.17) is 195 Å². The molecule has 147 heavy (non-hydrogen) atoms. The average Bonchev–Trinajstić information content (AvgIpc) is 0.788. The summed E-state index contributed by atoms with van der Waals surface area (Å²) < 4.78 is 14.1. The molecule has 0 amide bonds. The van der Waals surface area contributed by atoms with E-state index in [1.165, 1.54) is 205 Å². The highest BCUT2D eigenvalue weighted by atomic mass is 32.1. The number of hydrogen-bond acceptors (Lipinski definition) is 28. The van der Waals surface area contributed by atoms with Crippen LogP contribution in [0.25, 0.3) is 0 Å². The third-order valence-electron chi connectivity index (χ3n) is 26.7. The lowest BCUT2D eigenvalue weighted by Gasteiger charge is -2.32. The summed E-state index contributed by atoms with van der Waals surface area (Å²) in [6.45, 7) is 77.7.